The second-order valence-electron chi connectivity index (χ2n) is 9.84. The maximum absolute atomic E-state index is 12.6. The van der Waals surface area contributed by atoms with E-state index in [0.29, 0.717) is 34.8 Å². The van der Waals surface area contributed by atoms with Gasteiger partial charge < -0.3 is 15.2 Å². The second-order valence-corrected chi connectivity index (χ2v) is 10.9. The Bertz CT molecular complexity index is 1620. The van der Waals surface area contributed by atoms with Crippen molar-refractivity contribution in [2.45, 2.75) is 45.6 Å². The summed E-state index contributed by atoms with van der Waals surface area (Å²) in [7, 11) is 0. The molecule has 1 aliphatic rings. The molecule has 1 atom stereocenters. The van der Waals surface area contributed by atoms with Crippen LogP contribution in [0.5, 0.6) is 11.5 Å². The van der Waals surface area contributed by atoms with Gasteiger partial charge in [-0.2, -0.15) is 0 Å². The van der Waals surface area contributed by atoms with Crippen molar-refractivity contribution in [3.63, 3.8) is 0 Å². The summed E-state index contributed by atoms with van der Waals surface area (Å²) in [5.41, 5.74) is 10.3. The Morgan fingerprint density at radius 2 is 1.80 bits per heavy atom. The summed E-state index contributed by atoms with van der Waals surface area (Å²) in [5.74, 6) is 6.79. The highest BCUT2D eigenvalue weighted by molar-refractivity contribution is 7.17. The fourth-order valence-corrected chi connectivity index (χ4v) is 5.42. The monoisotopic (exact) mass is 566 g/mol. The number of fused-ring (bicyclic) bond motifs is 1. The van der Waals surface area contributed by atoms with Crippen molar-refractivity contribution in [3.05, 3.63) is 99.0 Å². The fourth-order valence-electron chi connectivity index (χ4n) is 4.16. The van der Waals surface area contributed by atoms with E-state index < -0.39 is 17.9 Å². The van der Waals surface area contributed by atoms with Crippen LogP contribution in [0, 0.1) is 16.7 Å². The number of hydrogen-bond acceptors (Lipinski definition) is 7. The first-order valence-corrected chi connectivity index (χ1v) is 13.9. The molecular weight excluding hydrogens is 536 g/mol. The number of nitroso groups, excluding NO2 is 1. The lowest BCUT2D eigenvalue weighted by Crippen LogP contribution is -2.32. The van der Waals surface area contributed by atoms with Crippen LogP contribution in [0.3, 0.4) is 0 Å². The summed E-state index contributed by atoms with van der Waals surface area (Å²) in [6.45, 7) is 9.73. The summed E-state index contributed by atoms with van der Waals surface area (Å²) < 4.78 is 12.2. The molecule has 1 heterocycles. The van der Waals surface area contributed by atoms with E-state index in [2.05, 4.69) is 49.6 Å². The van der Waals surface area contributed by atoms with Gasteiger partial charge in [0.1, 0.15) is 17.6 Å². The van der Waals surface area contributed by atoms with Gasteiger partial charge in [0.05, 0.1) is 11.3 Å². The molecule has 208 valence electrons. The molecule has 4 rings (SSSR count). The molecule has 1 amide bonds. The van der Waals surface area contributed by atoms with E-state index in [0.717, 1.165) is 27.0 Å². The molecule has 2 N–H and O–H groups in total. The minimum Gasteiger partial charge on any atom is -0.455 e. The van der Waals surface area contributed by atoms with Gasteiger partial charge in [-0.05, 0) is 53.8 Å². The van der Waals surface area contributed by atoms with Crippen molar-refractivity contribution in [2.24, 2.45) is 10.9 Å². The Hall–Kier alpha value is -4.58. The van der Waals surface area contributed by atoms with E-state index in [1.165, 1.54) is 11.6 Å². The molecule has 3 aromatic rings. The number of thiophene rings is 1. The number of hydrogen-bond donors (Lipinski definition) is 1. The first kappa shape index (κ1) is 29.4. The van der Waals surface area contributed by atoms with Gasteiger partial charge in [0.2, 0.25) is 0 Å². The van der Waals surface area contributed by atoms with E-state index in [1.807, 2.05) is 18.2 Å². The number of carbonyl (C=O) groups is 2. The minimum atomic E-state index is -0.921. The number of rotatable bonds is 9. The molecule has 0 aliphatic heterocycles. The van der Waals surface area contributed by atoms with Crippen LogP contribution in [-0.4, -0.2) is 17.9 Å². The van der Waals surface area contributed by atoms with Crippen LogP contribution < -0.4 is 10.5 Å². The largest absolute Gasteiger partial charge is 0.455 e. The second kappa shape index (κ2) is 13.2. The smallest absolute Gasteiger partial charge is 0.332 e. The summed E-state index contributed by atoms with van der Waals surface area (Å²) >= 11 is 1.55. The molecule has 0 spiro atoms. The molecule has 2 aromatic carbocycles. The van der Waals surface area contributed by atoms with Crippen molar-refractivity contribution in [1.29, 1.82) is 0 Å². The number of nitrogens with zero attached hydrogens (tertiary/aromatic N) is 1. The van der Waals surface area contributed by atoms with E-state index in [1.54, 1.807) is 42.5 Å². The topological polar surface area (TPSA) is 108 Å². The quantitative estimate of drug-likeness (QED) is 0.0952. The molecule has 0 fully saturated rings. The van der Waals surface area contributed by atoms with Gasteiger partial charge in [-0.3, -0.25) is 4.79 Å². The number of ether oxygens (including phenoxy) is 2. The average Bonchev–Trinajstić information content (AvgIpc) is 3.27. The highest BCUT2D eigenvalue weighted by Gasteiger charge is 2.25. The van der Waals surface area contributed by atoms with Crippen LogP contribution in [0.15, 0.2) is 77.7 Å². The maximum Gasteiger partial charge on any atom is 0.332 e. The van der Waals surface area contributed by atoms with Crippen LogP contribution in [-0.2, 0) is 20.7 Å². The van der Waals surface area contributed by atoms with Crippen molar-refractivity contribution < 1.29 is 19.1 Å². The van der Waals surface area contributed by atoms with Gasteiger partial charge in [-0.1, -0.05) is 74.2 Å². The Kier molecular flexibility index (Phi) is 9.45. The number of allylic oxidation sites excluding steroid dienone is 1. The van der Waals surface area contributed by atoms with Gasteiger partial charge in [0.15, 0.2) is 5.75 Å². The summed E-state index contributed by atoms with van der Waals surface area (Å²) in [6, 6.07) is 14.4. The van der Waals surface area contributed by atoms with E-state index in [-0.39, 0.29) is 12.3 Å². The first-order chi connectivity index (χ1) is 19.7. The number of esters is 1. The minimum absolute atomic E-state index is 0.272. The molecule has 0 saturated carbocycles. The van der Waals surface area contributed by atoms with E-state index in [4.69, 9.17) is 15.2 Å². The predicted molar refractivity (Wildman–Crippen MR) is 163 cm³/mol. The average molecular weight is 567 g/mol. The van der Waals surface area contributed by atoms with Crippen LogP contribution >= 0.6 is 11.3 Å². The summed E-state index contributed by atoms with van der Waals surface area (Å²) in [6.07, 6.45) is 5.20. The standard InChI is InChI=1S/C33H30N2O5S/c1-20(2)25-10-7-8-11-26(25)32-31(39-23-16-13-22(14-17-23)15-18-29(36)35-38)27-12-6-5-9-24(19-28(27)41-32)40-33(37)30(34)21(3)4/h7-8,10-11,13-20,30H,3,9,12,34H2,1-2,4H3/b18-15+,24-19+. The van der Waals surface area contributed by atoms with Crippen LogP contribution in [0.25, 0.3) is 22.6 Å². The zero-order valence-corrected chi connectivity index (χ0v) is 23.9. The third kappa shape index (κ3) is 7.14. The normalized spacial score (nSPS) is 14.5. The zero-order valence-electron chi connectivity index (χ0n) is 23.1. The van der Waals surface area contributed by atoms with Gasteiger partial charge in [0, 0.05) is 28.1 Å². The van der Waals surface area contributed by atoms with Crippen molar-refractivity contribution in [2.75, 3.05) is 0 Å². The predicted octanol–water partition coefficient (Wildman–Crippen LogP) is 7.37. The third-order valence-electron chi connectivity index (χ3n) is 6.39. The molecule has 0 radical (unpaired) electrons. The van der Waals surface area contributed by atoms with Gasteiger partial charge in [0.25, 0.3) is 0 Å². The summed E-state index contributed by atoms with van der Waals surface area (Å²) in [5, 5.41) is 2.37. The Balaban J connectivity index is 1.79. The number of benzene rings is 2. The summed E-state index contributed by atoms with van der Waals surface area (Å²) in [4.78, 5) is 36.0. The molecule has 8 heteroatoms. The Labute approximate surface area is 243 Å². The number of carbonyl (C=O) groups excluding carboxylic acids is 2. The van der Waals surface area contributed by atoms with Crippen LogP contribution in [0.2, 0.25) is 0 Å². The Morgan fingerprint density at radius 1 is 1.10 bits per heavy atom. The third-order valence-corrected chi connectivity index (χ3v) is 7.58. The molecule has 7 nitrogen and oxygen atoms in total. The molecule has 0 bridgehead atoms. The number of amides is 1. The highest BCUT2D eigenvalue weighted by atomic mass is 32.1. The van der Waals surface area contributed by atoms with Crippen molar-refractivity contribution >= 4 is 35.4 Å². The highest BCUT2D eigenvalue weighted by Crippen LogP contribution is 2.48. The van der Waals surface area contributed by atoms with Crippen LogP contribution in [0.1, 0.15) is 54.7 Å². The first-order valence-electron chi connectivity index (χ1n) is 13.0. The molecule has 1 unspecified atom stereocenters. The lowest BCUT2D eigenvalue weighted by atomic mass is 9.95. The Morgan fingerprint density at radius 3 is 2.49 bits per heavy atom. The SMILES string of the molecule is C=C(C)C(N)C(=O)O/C1=C/c2sc(-c3ccccc3C(C)C)c(Oc3ccc(/C=C/C(=O)N=O)cc3)c2CC#CC1. The number of nitrogens with two attached hydrogens (primary N) is 1. The van der Waals surface area contributed by atoms with Gasteiger partial charge in [-0.25, -0.2) is 4.79 Å². The fraction of sp³-hybridized carbons (Fsp3) is 0.212. The van der Waals surface area contributed by atoms with E-state index >= 15 is 0 Å². The molecule has 0 saturated heterocycles. The van der Waals surface area contributed by atoms with Crippen molar-refractivity contribution in [3.8, 4) is 33.8 Å². The lowest BCUT2D eigenvalue weighted by Gasteiger charge is -2.15. The molecule has 1 aliphatic carbocycles. The van der Waals surface area contributed by atoms with Gasteiger partial charge in [-0.15, -0.1) is 16.2 Å². The maximum atomic E-state index is 12.6. The lowest BCUT2D eigenvalue weighted by molar-refractivity contribution is -0.140. The van der Waals surface area contributed by atoms with Crippen LogP contribution in [0.4, 0.5) is 0 Å². The van der Waals surface area contributed by atoms with Gasteiger partial charge >= 0.3 is 11.9 Å². The molecular formula is C33H30N2O5S. The molecule has 1 aromatic heterocycles. The van der Waals surface area contributed by atoms with E-state index in [9.17, 15) is 14.5 Å². The van der Waals surface area contributed by atoms with Crippen molar-refractivity contribution in [1.82, 2.24) is 0 Å². The zero-order chi connectivity index (χ0) is 29.5. The molecule has 41 heavy (non-hydrogen) atoms.